The van der Waals surface area contributed by atoms with E-state index >= 15 is 0 Å². The predicted octanol–water partition coefficient (Wildman–Crippen LogP) is 2.61. The third-order valence-electron chi connectivity index (χ3n) is 2.15. The van der Waals surface area contributed by atoms with Gasteiger partial charge in [0.2, 0.25) is 0 Å². The summed E-state index contributed by atoms with van der Waals surface area (Å²) >= 11 is 0. The quantitative estimate of drug-likeness (QED) is 0.466. The molecule has 5 heteroatoms. The van der Waals surface area contributed by atoms with Gasteiger partial charge < -0.3 is 16.6 Å². The number of benzene rings is 2. The van der Waals surface area contributed by atoms with Gasteiger partial charge in [-0.25, -0.2) is 0 Å². The van der Waals surface area contributed by atoms with Crippen LogP contribution in [0.1, 0.15) is 6.92 Å². The Morgan fingerprint density at radius 2 is 1.05 bits per heavy atom. The molecule has 0 amide bonds. The average Bonchev–Trinajstić information content (AvgIpc) is 2.31. The van der Waals surface area contributed by atoms with Gasteiger partial charge in [0.05, 0.1) is 0 Å². The van der Waals surface area contributed by atoms with E-state index < -0.39 is 5.97 Å². The Hall–Kier alpha value is -1.55. The fourth-order valence-corrected chi connectivity index (χ4v) is 1.35. The van der Waals surface area contributed by atoms with Crippen LogP contribution in [0.2, 0.25) is 0 Å². The summed E-state index contributed by atoms with van der Waals surface area (Å²) in [6.07, 6.45) is 0. The van der Waals surface area contributed by atoms with E-state index in [0.29, 0.717) is 0 Å². The van der Waals surface area contributed by atoms with Gasteiger partial charge in [-0.2, -0.15) is 0 Å². The summed E-state index contributed by atoms with van der Waals surface area (Å²) in [6.45, 7) is 1.08. The van der Waals surface area contributed by atoms with Crippen molar-refractivity contribution in [3.63, 3.8) is 0 Å². The molecule has 0 aliphatic rings. The van der Waals surface area contributed by atoms with E-state index in [0.717, 1.165) is 29.4 Å². The molecule has 0 fully saturated rings. The van der Waals surface area contributed by atoms with E-state index in [-0.39, 0.29) is 27.7 Å². The molecule has 5 N–H and O–H groups in total. The van der Waals surface area contributed by atoms with Crippen LogP contribution in [0.5, 0.6) is 0 Å². The molecule has 0 unspecified atom stereocenters. The Morgan fingerprint density at radius 1 is 0.842 bits per heavy atom. The summed E-state index contributed by atoms with van der Waals surface area (Å²) in [5.41, 5.74) is 15.1. The molecule has 0 aliphatic heterocycles. The second-order valence-electron chi connectivity index (χ2n) is 3.76. The first-order chi connectivity index (χ1) is 8.49. The van der Waals surface area contributed by atoms with Gasteiger partial charge in [0, 0.05) is 18.3 Å². The van der Waals surface area contributed by atoms with E-state index in [1.807, 2.05) is 48.5 Å². The van der Waals surface area contributed by atoms with Crippen LogP contribution in [-0.4, -0.2) is 11.1 Å². The first-order valence-corrected chi connectivity index (χ1v) is 5.40. The molecule has 0 heterocycles. The van der Waals surface area contributed by atoms with Crippen LogP contribution in [0.25, 0.3) is 11.1 Å². The zero-order valence-electron chi connectivity index (χ0n) is 10.8. The largest absolute Gasteiger partial charge is 2.00 e. The van der Waals surface area contributed by atoms with Crippen LogP contribution in [-0.2, 0) is 32.5 Å². The van der Waals surface area contributed by atoms with Gasteiger partial charge in [0.15, 0.2) is 0 Å². The van der Waals surface area contributed by atoms with E-state index in [2.05, 4.69) is 0 Å². The minimum atomic E-state index is -0.833. The maximum Gasteiger partial charge on any atom is 2.00 e. The normalized spacial score (nSPS) is 8.68. The van der Waals surface area contributed by atoms with Gasteiger partial charge in [-0.15, -0.1) is 0 Å². The molecule has 2 aromatic rings. The van der Waals surface area contributed by atoms with E-state index in [1.165, 1.54) is 0 Å². The number of anilines is 2. The molecule has 94 valence electrons. The minimum Gasteiger partial charge on any atom is -0.481 e. The molecule has 0 saturated carbocycles. The monoisotopic (exact) mass is 446 g/mol. The van der Waals surface area contributed by atoms with Gasteiger partial charge in [0.1, 0.15) is 0 Å². The van der Waals surface area contributed by atoms with Crippen LogP contribution < -0.4 is 11.5 Å². The minimum absolute atomic E-state index is 0. The maximum absolute atomic E-state index is 9.00. The summed E-state index contributed by atoms with van der Waals surface area (Å²) in [6, 6.07) is 15.6. The first-order valence-electron chi connectivity index (χ1n) is 5.40. The number of hydrogen-bond donors (Lipinski definition) is 3. The van der Waals surface area contributed by atoms with Crippen LogP contribution in [0.3, 0.4) is 0 Å². The Kier molecular flexibility index (Phi) is 7.83. The van der Waals surface area contributed by atoms with E-state index in [1.54, 1.807) is 0 Å². The molecular formula is C14H16HgN2O2+2. The Labute approximate surface area is 132 Å². The molecule has 0 saturated heterocycles. The Balaban J connectivity index is 0.000000576. The average molecular weight is 445 g/mol. The number of aliphatic carboxylic acids is 1. The first kappa shape index (κ1) is 17.4. The predicted molar refractivity (Wildman–Crippen MR) is 74.0 cm³/mol. The molecule has 0 bridgehead atoms. The number of carboxylic acid groups (broad SMARTS) is 1. The molecule has 0 atom stereocenters. The molecule has 2 rings (SSSR count). The van der Waals surface area contributed by atoms with Gasteiger partial charge in [-0.05, 0) is 35.4 Å². The van der Waals surface area contributed by atoms with Crippen LogP contribution in [0, 0.1) is 0 Å². The third kappa shape index (κ3) is 6.81. The number of nitrogen functional groups attached to an aromatic ring is 2. The van der Waals surface area contributed by atoms with Crippen molar-refractivity contribution >= 4 is 17.3 Å². The van der Waals surface area contributed by atoms with E-state index in [9.17, 15) is 0 Å². The summed E-state index contributed by atoms with van der Waals surface area (Å²) in [7, 11) is 0. The Bertz CT molecular complexity index is 462. The second-order valence-corrected chi connectivity index (χ2v) is 3.76. The molecule has 0 spiro atoms. The number of rotatable bonds is 1. The molecule has 0 aromatic heterocycles. The maximum atomic E-state index is 9.00. The third-order valence-corrected chi connectivity index (χ3v) is 2.15. The van der Waals surface area contributed by atoms with Crippen molar-refractivity contribution in [2.45, 2.75) is 6.92 Å². The smallest absolute Gasteiger partial charge is 0.481 e. The van der Waals surface area contributed by atoms with Gasteiger partial charge in [-0.1, -0.05) is 24.3 Å². The zero-order chi connectivity index (χ0) is 13.5. The van der Waals surface area contributed by atoms with Gasteiger partial charge in [0.25, 0.3) is 5.97 Å². The summed E-state index contributed by atoms with van der Waals surface area (Å²) < 4.78 is 0. The van der Waals surface area contributed by atoms with Crippen molar-refractivity contribution < 1.29 is 37.6 Å². The number of nitrogens with two attached hydrogens (primary N) is 2. The standard InChI is InChI=1S/C12H12N2.C2H4O2.Hg/c13-11-5-1-9(2-6-11)10-3-7-12(14)8-4-10;1-2(3)4;/h1-8H,13-14H2;1H3,(H,3,4);/q;;+2. The van der Waals surface area contributed by atoms with E-state index in [4.69, 9.17) is 21.4 Å². The number of carbonyl (C=O) groups is 1. The molecule has 0 aliphatic carbocycles. The zero-order valence-corrected chi connectivity index (χ0v) is 16.3. The van der Waals surface area contributed by atoms with Crippen LogP contribution >= 0.6 is 0 Å². The number of carboxylic acids is 1. The number of hydrogen-bond acceptors (Lipinski definition) is 3. The molecule has 19 heavy (non-hydrogen) atoms. The van der Waals surface area contributed by atoms with Crippen molar-refractivity contribution in [2.24, 2.45) is 0 Å². The van der Waals surface area contributed by atoms with Crippen LogP contribution in [0.15, 0.2) is 48.5 Å². The van der Waals surface area contributed by atoms with Crippen molar-refractivity contribution in [1.82, 2.24) is 0 Å². The van der Waals surface area contributed by atoms with Crippen LogP contribution in [0.4, 0.5) is 11.4 Å². The van der Waals surface area contributed by atoms with Gasteiger partial charge >= 0.3 is 27.7 Å². The van der Waals surface area contributed by atoms with Crippen molar-refractivity contribution in [3.05, 3.63) is 48.5 Å². The summed E-state index contributed by atoms with van der Waals surface area (Å²) in [5, 5.41) is 7.42. The summed E-state index contributed by atoms with van der Waals surface area (Å²) in [5.74, 6) is -0.833. The summed E-state index contributed by atoms with van der Waals surface area (Å²) in [4.78, 5) is 9.00. The molecular weight excluding hydrogens is 429 g/mol. The Morgan fingerprint density at radius 3 is 1.26 bits per heavy atom. The second kappa shape index (κ2) is 8.53. The molecule has 2 aromatic carbocycles. The van der Waals surface area contributed by atoms with Gasteiger partial charge in [-0.3, -0.25) is 4.79 Å². The SMILES string of the molecule is CC(=O)O.Nc1ccc(-c2ccc(N)cc2)cc1.[Hg+2]. The van der Waals surface area contributed by atoms with Crippen molar-refractivity contribution in [1.29, 1.82) is 0 Å². The molecule has 0 radical (unpaired) electrons. The molecule has 4 nitrogen and oxygen atoms in total. The topological polar surface area (TPSA) is 89.3 Å². The van der Waals surface area contributed by atoms with Crippen molar-refractivity contribution in [2.75, 3.05) is 11.5 Å². The van der Waals surface area contributed by atoms with Crippen molar-refractivity contribution in [3.8, 4) is 11.1 Å². The fourth-order valence-electron chi connectivity index (χ4n) is 1.35. The fraction of sp³-hybridized carbons (Fsp3) is 0.0714.